The van der Waals surface area contributed by atoms with Crippen molar-refractivity contribution in [3.05, 3.63) is 108 Å². The van der Waals surface area contributed by atoms with Gasteiger partial charge in [0.2, 0.25) is 5.91 Å². The zero-order valence-electron chi connectivity index (χ0n) is 42.3. The lowest BCUT2D eigenvalue weighted by Crippen LogP contribution is -2.71. The van der Waals surface area contributed by atoms with Gasteiger partial charge in [0.05, 0.1) is 63.7 Å². The van der Waals surface area contributed by atoms with Crippen molar-refractivity contribution in [2.24, 2.45) is 17.1 Å². The van der Waals surface area contributed by atoms with Crippen molar-refractivity contribution in [3.8, 4) is 17.2 Å². The molecule has 3 aromatic carbocycles. The number of carbonyl (C=O) groups excluding carboxylic acids is 3. The van der Waals surface area contributed by atoms with E-state index in [0.29, 0.717) is 70.6 Å². The molecular weight excluding hydrogens is 961 g/mol. The number of nitrogens with two attached hydrogens (primary N) is 1. The largest absolute Gasteiger partial charge is 0.496 e. The summed E-state index contributed by atoms with van der Waals surface area (Å²) < 4.78 is 41.6. The first-order valence-electron chi connectivity index (χ1n) is 24.8. The number of primary amides is 1. The molecule has 21 heteroatoms. The number of carbonyl (C=O) groups is 3. The molecule has 6 rings (SSSR count). The van der Waals surface area contributed by atoms with Crippen molar-refractivity contribution in [3.63, 3.8) is 0 Å². The molecule has 1 heterocycles. The molecule has 2 N–H and O–H groups in total. The van der Waals surface area contributed by atoms with Crippen LogP contribution in [0, 0.1) is 51.2 Å². The fourth-order valence-electron chi connectivity index (χ4n) is 10.1. The smallest absolute Gasteiger partial charge is 0.410 e. The number of amides is 3. The van der Waals surface area contributed by atoms with E-state index in [4.69, 9.17) is 30.5 Å². The summed E-state index contributed by atoms with van der Waals surface area (Å²) in [6.07, 6.45) is 6.13. The van der Waals surface area contributed by atoms with E-state index in [1.165, 1.54) is 6.07 Å². The highest BCUT2D eigenvalue weighted by Gasteiger charge is 2.73. The van der Waals surface area contributed by atoms with Crippen LogP contribution in [-0.4, -0.2) is 103 Å². The van der Waals surface area contributed by atoms with Gasteiger partial charge in [-0.25, -0.2) is 14.0 Å². The molecule has 2 aliphatic carbocycles. The maximum absolute atomic E-state index is 15.1. The van der Waals surface area contributed by atoms with Gasteiger partial charge in [-0.15, -0.1) is 20.2 Å². The highest BCUT2D eigenvalue weighted by molar-refractivity contribution is 6.32. The van der Waals surface area contributed by atoms with E-state index in [0.717, 1.165) is 60.1 Å². The summed E-state index contributed by atoms with van der Waals surface area (Å²) in [5, 5.41) is 18.7. The molecule has 3 amide bonds. The molecule has 1 spiro atoms. The fourth-order valence-corrected chi connectivity index (χ4v) is 10.4. The first-order valence-corrected chi connectivity index (χ1v) is 25.1. The number of methoxy groups -OCH3 is 1. The van der Waals surface area contributed by atoms with Crippen LogP contribution >= 0.6 is 11.6 Å². The van der Waals surface area contributed by atoms with Gasteiger partial charge in [0, 0.05) is 24.5 Å². The van der Waals surface area contributed by atoms with Crippen molar-refractivity contribution >= 4 is 29.7 Å². The average molecular weight is 1030 g/mol. The number of nitrogens with zero attached hydrogens (tertiary/aromatic N) is 4. The topological polar surface area (TPSA) is 235 Å². The predicted octanol–water partition coefficient (Wildman–Crippen LogP) is 10.3. The normalized spacial score (nSPS) is 19.1. The van der Waals surface area contributed by atoms with Crippen LogP contribution in [0.4, 0.5) is 14.0 Å². The lowest BCUT2D eigenvalue weighted by molar-refractivity contribution is -0.757. The van der Waals surface area contributed by atoms with Crippen LogP contribution < -0.4 is 19.9 Å². The van der Waals surface area contributed by atoms with Crippen molar-refractivity contribution in [1.82, 2.24) is 9.80 Å². The van der Waals surface area contributed by atoms with Gasteiger partial charge in [0.25, 0.3) is 10.2 Å². The molecule has 3 fully saturated rings. The minimum Gasteiger partial charge on any atom is -0.496 e. The van der Waals surface area contributed by atoms with E-state index in [9.17, 15) is 34.2 Å². The number of hydrogen-bond acceptors (Lipinski definition) is 14. The fraction of sp³-hybridized carbons (Fsp3) is 0.588. The molecule has 5 unspecified atom stereocenters. The highest BCUT2D eigenvalue weighted by atomic mass is 35.5. The Morgan fingerprint density at radius 1 is 0.861 bits per heavy atom. The molecule has 1 saturated heterocycles. The van der Waals surface area contributed by atoms with E-state index in [1.807, 2.05) is 67.0 Å². The molecule has 3 aromatic rings. The molecule has 2 saturated carbocycles. The molecule has 1 aliphatic heterocycles. The predicted molar refractivity (Wildman–Crippen MR) is 265 cm³/mol. The quantitative estimate of drug-likeness (QED) is 0.0448. The molecule has 72 heavy (non-hydrogen) atoms. The second-order valence-corrected chi connectivity index (χ2v) is 18.1. The van der Waals surface area contributed by atoms with Gasteiger partial charge < -0.3 is 48.9 Å². The van der Waals surface area contributed by atoms with E-state index in [2.05, 4.69) is 33.1 Å². The van der Waals surface area contributed by atoms with Crippen molar-refractivity contribution < 1.29 is 62.3 Å². The maximum atomic E-state index is 15.1. The average Bonchev–Trinajstić information content (AvgIpc) is 3.83. The minimum atomic E-state index is -0.866. The Kier molecular flexibility index (Phi) is 23.7. The van der Waals surface area contributed by atoms with Crippen LogP contribution in [0.3, 0.4) is 0 Å². The second kappa shape index (κ2) is 29.3. The number of aryl methyl sites for hydroxylation is 2. The summed E-state index contributed by atoms with van der Waals surface area (Å²) in [5.41, 5.74) is 8.22. The van der Waals surface area contributed by atoms with Crippen LogP contribution in [0.2, 0.25) is 5.02 Å². The minimum absolute atomic E-state index is 0.00905. The number of unbranched alkanes of at least 4 members (excludes halogenated alkanes) is 3. The van der Waals surface area contributed by atoms with Gasteiger partial charge in [-0.05, 0) is 137 Å². The molecule has 0 bridgehead atoms. The molecule has 5 atom stereocenters. The zero-order valence-corrected chi connectivity index (χ0v) is 43.0. The van der Waals surface area contributed by atoms with E-state index < -0.39 is 34.1 Å². The third-order valence-corrected chi connectivity index (χ3v) is 13.2. The second-order valence-electron chi connectivity index (χ2n) is 17.7. The third kappa shape index (κ3) is 16.1. The third-order valence-electron chi connectivity index (χ3n) is 13.0. The lowest BCUT2D eigenvalue weighted by atomic mass is 9.66. The number of rotatable bonds is 26. The van der Waals surface area contributed by atoms with Crippen molar-refractivity contribution in [2.75, 3.05) is 53.3 Å². The molecule has 0 aromatic heterocycles. The summed E-state index contributed by atoms with van der Waals surface area (Å²) in [4.78, 5) is 71.3. The summed E-state index contributed by atoms with van der Waals surface area (Å²) in [6.45, 7) is 11.8. The van der Waals surface area contributed by atoms with Gasteiger partial charge in [0.1, 0.15) is 11.5 Å². The number of likely N-dealkylation sites (tertiary alicyclic amines) is 1. The summed E-state index contributed by atoms with van der Waals surface area (Å²) in [6, 6.07) is 16.7. The van der Waals surface area contributed by atoms with Crippen LogP contribution in [0.25, 0.3) is 0 Å². The molecular formula is C51H71ClFN5O14. The summed E-state index contributed by atoms with van der Waals surface area (Å²) in [7, 11) is 1.64. The van der Waals surface area contributed by atoms with Gasteiger partial charge >= 0.3 is 12.2 Å². The van der Waals surface area contributed by atoms with E-state index in [1.54, 1.807) is 20.1 Å². The van der Waals surface area contributed by atoms with Gasteiger partial charge in [-0.3, -0.25) is 4.79 Å². The standard InChI is InChI=1S/C44H55ClFN3O9.C5H10N2O5.C2H6/c1-5-19-47(28-31-12-17-37(54-4)30(3)26-31)42(50)39-34(27-44-18-10-11-38(44)48(41(39)44)43(51)57-22-8-9-23-58-49(52)53)32-13-15-33(16-14-32)55-20-6-7-21-56-40-35(45)24-29(2)25-36(40)46;6-5(8)11-3-1-2-4-12-7(9)10;1-2/h12-17,24-26,34,38-39,41H,5-11,18-23,27-28H2,1-4H3;1-4H2,(H2,6,8);1-2H3. The first kappa shape index (κ1) is 58.3. The number of halogens is 2. The molecule has 19 nitrogen and oxygen atoms in total. The van der Waals surface area contributed by atoms with Gasteiger partial charge in [-0.2, -0.15) is 0 Å². The Morgan fingerprint density at radius 3 is 2.06 bits per heavy atom. The molecule has 398 valence electrons. The number of hydrogen-bond donors (Lipinski definition) is 1. The Bertz CT molecular complexity index is 2200. The monoisotopic (exact) mass is 1030 g/mol. The Balaban J connectivity index is 0.000000705. The van der Waals surface area contributed by atoms with Crippen LogP contribution in [0.15, 0.2) is 54.6 Å². The van der Waals surface area contributed by atoms with E-state index >= 15 is 4.79 Å². The van der Waals surface area contributed by atoms with E-state index in [-0.39, 0.29) is 66.5 Å². The molecule has 0 radical (unpaired) electrons. The Morgan fingerprint density at radius 2 is 1.47 bits per heavy atom. The van der Waals surface area contributed by atoms with Crippen LogP contribution in [-0.2, 0) is 30.5 Å². The number of benzene rings is 3. The lowest BCUT2D eigenvalue weighted by Gasteiger charge is -2.58. The van der Waals surface area contributed by atoms with Gasteiger partial charge in [-0.1, -0.05) is 63.1 Å². The van der Waals surface area contributed by atoms with Crippen molar-refractivity contribution in [1.29, 1.82) is 0 Å². The summed E-state index contributed by atoms with van der Waals surface area (Å²) in [5.74, 6) is 0.490. The van der Waals surface area contributed by atoms with Crippen LogP contribution in [0.5, 0.6) is 17.2 Å². The Hall–Kier alpha value is -6.31. The Labute approximate surface area is 425 Å². The zero-order chi connectivity index (χ0) is 52.8. The molecule has 3 aliphatic rings. The number of ether oxygens (including phenoxy) is 5. The maximum Gasteiger partial charge on any atom is 0.410 e. The highest BCUT2D eigenvalue weighted by Crippen LogP contribution is 2.68. The SMILES string of the molecule is CC.CCCN(Cc1ccc(OC)c(C)c1)C(=O)C1C(c2ccc(OCCCCOc3c(F)cc(C)cc3Cl)cc2)CC23CCCC2N(C(=O)OCCCCO[N+](=O)[O-])C13.NC(=O)OCCCCO[N+](=O)[O-]. The van der Waals surface area contributed by atoms with Crippen LogP contribution in [0.1, 0.15) is 120 Å². The first-order chi connectivity index (χ1) is 34.6. The van der Waals surface area contributed by atoms with Crippen molar-refractivity contribution in [2.45, 2.75) is 130 Å². The van der Waals surface area contributed by atoms with Gasteiger partial charge in [0.15, 0.2) is 11.6 Å². The summed E-state index contributed by atoms with van der Waals surface area (Å²) >= 11 is 6.17.